The Hall–Kier alpha value is -2.35. The SMILES string of the molecule is O=C([O-])c1ccc2ccc3ccccc3c2c1. The van der Waals surface area contributed by atoms with E-state index in [0.717, 1.165) is 21.5 Å². The molecule has 0 heterocycles. The van der Waals surface area contributed by atoms with Crippen molar-refractivity contribution in [3.05, 3.63) is 60.2 Å². The highest BCUT2D eigenvalue weighted by Gasteiger charge is 2.01. The van der Waals surface area contributed by atoms with E-state index in [2.05, 4.69) is 0 Å². The predicted molar refractivity (Wildman–Crippen MR) is 65.8 cm³/mol. The van der Waals surface area contributed by atoms with E-state index in [1.807, 2.05) is 42.5 Å². The maximum absolute atomic E-state index is 10.9. The molecule has 0 atom stereocenters. The van der Waals surface area contributed by atoms with Crippen molar-refractivity contribution in [3.63, 3.8) is 0 Å². The van der Waals surface area contributed by atoms with Gasteiger partial charge in [-0.25, -0.2) is 0 Å². The Kier molecular flexibility index (Phi) is 2.08. The normalized spacial score (nSPS) is 10.8. The van der Waals surface area contributed by atoms with Crippen LogP contribution in [0.4, 0.5) is 0 Å². The highest BCUT2D eigenvalue weighted by atomic mass is 16.4. The third-order valence-electron chi connectivity index (χ3n) is 2.98. The average molecular weight is 221 g/mol. The van der Waals surface area contributed by atoms with Crippen molar-refractivity contribution in [1.29, 1.82) is 0 Å². The van der Waals surface area contributed by atoms with E-state index in [4.69, 9.17) is 0 Å². The summed E-state index contributed by atoms with van der Waals surface area (Å²) < 4.78 is 0. The Balaban J connectivity index is 2.46. The first kappa shape index (κ1) is 9.85. The Morgan fingerprint density at radius 1 is 0.824 bits per heavy atom. The summed E-state index contributed by atoms with van der Waals surface area (Å²) in [6, 6.07) is 17.0. The van der Waals surface area contributed by atoms with Gasteiger partial charge in [0.15, 0.2) is 0 Å². The third kappa shape index (κ3) is 1.54. The number of fused-ring (bicyclic) bond motifs is 3. The molecule has 2 nitrogen and oxygen atoms in total. The summed E-state index contributed by atoms with van der Waals surface area (Å²) in [6.45, 7) is 0. The number of carbonyl (C=O) groups excluding carboxylic acids is 1. The third-order valence-corrected chi connectivity index (χ3v) is 2.98. The van der Waals surface area contributed by atoms with Crippen molar-refractivity contribution in [3.8, 4) is 0 Å². The van der Waals surface area contributed by atoms with Crippen LogP contribution in [0.5, 0.6) is 0 Å². The van der Waals surface area contributed by atoms with Crippen molar-refractivity contribution in [2.45, 2.75) is 0 Å². The van der Waals surface area contributed by atoms with Gasteiger partial charge in [0.1, 0.15) is 0 Å². The molecule has 0 fully saturated rings. The summed E-state index contributed by atoms with van der Waals surface area (Å²) in [6.07, 6.45) is 0. The first-order valence-electron chi connectivity index (χ1n) is 5.38. The molecule has 0 aliphatic rings. The van der Waals surface area contributed by atoms with Crippen molar-refractivity contribution in [2.24, 2.45) is 0 Å². The smallest absolute Gasteiger partial charge is 0.0715 e. The molecule has 0 aliphatic carbocycles. The topological polar surface area (TPSA) is 40.1 Å². The largest absolute Gasteiger partial charge is 0.545 e. The van der Waals surface area contributed by atoms with Crippen LogP contribution < -0.4 is 5.11 Å². The van der Waals surface area contributed by atoms with Crippen LogP contribution in [0.2, 0.25) is 0 Å². The van der Waals surface area contributed by atoms with E-state index in [1.165, 1.54) is 0 Å². The number of benzene rings is 3. The highest BCUT2D eigenvalue weighted by molar-refractivity contribution is 6.09. The molecule has 0 unspecified atom stereocenters. The number of carboxylic acid groups (broad SMARTS) is 1. The summed E-state index contributed by atoms with van der Waals surface area (Å²) in [5.74, 6) is -1.14. The first-order chi connectivity index (χ1) is 8.25. The van der Waals surface area contributed by atoms with Crippen molar-refractivity contribution < 1.29 is 9.90 Å². The van der Waals surface area contributed by atoms with Gasteiger partial charge in [-0.1, -0.05) is 48.5 Å². The van der Waals surface area contributed by atoms with Gasteiger partial charge in [0, 0.05) is 0 Å². The molecule has 0 radical (unpaired) electrons. The quantitative estimate of drug-likeness (QED) is 0.592. The van der Waals surface area contributed by atoms with E-state index in [-0.39, 0.29) is 5.56 Å². The fourth-order valence-electron chi connectivity index (χ4n) is 2.13. The number of rotatable bonds is 1. The van der Waals surface area contributed by atoms with E-state index >= 15 is 0 Å². The second kappa shape index (κ2) is 3.59. The predicted octanol–water partition coefficient (Wildman–Crippen LogP) is 2.36. The standard InChI is InChI=1S/C15H10O2/c16-15(17)12-8-7-11-6-5-10-3-1-2-4-13(10)14(11)9-12/h1-9H,(H,16,17)/p-1. The van der Waals surface area contributed by atoms with Crippen LogP contribution >= 0.6 is 0 Å². The van der Waals surface area contributed by atoms with Crippen molar-refractivity contribution in [2.75, 3.05) is 0 Å². The number of carboxylic acids is 1. The minimum atomic E-state index is -1.14. The lowest BCUT2D eigenvalue weighted by molar-refractivity contribution is -0.255. The van der Waals surface area contributed by atoms with Crippen LogP contribution in [0.15, 0.2) is 54.6 Å². The second-order valence-corrected chi connectivity index (χ2v) is 4.01. The van der Waals surface area contributed by atoms with E-state index in [0.29, 0.717) is 0 Å². The van der Waals surface area contributed by atoms with Gasteiger partial charge in [0.25, 0.3) is 0 Å². The van der Waals surface area contributed by atoms with Gasteiger partial charge in [-0.05, 0) is 33.2 Å². The molecule has 0 saturated carbocycles. The fourth-order valence-corrected chi connectivity index (χ4v) is 2.13. The van der Waals surface area contributed by atoms with Gasteiger partial charge in [-0.3, -0.25) is 0 Å². The first-order valence-corrected chi connectivity index (χ1v) is 5.38. The molecule has 0 amide bonds. The molecule has 3 aromatic carbocycles. The fraction of sp³-hybridized carbons (Fsp3) is 0. The molecule has 0 N–H and O–H groups in total. The van der Waals surface area contributed by atoms with Crippen LogP contribution in [-0.4, -0.2) is 5.97 Å². The average Bonchev–Trinajstić information content (AvgIpc) is 2.38. The van der Waals surface area contributed by atoms with Crippen LogP contribution in [-0.2, 0) is 0 Å². The molecule has 3 aromatic rings. The zero-order valence-electron chi connectivity index (χ0n) is 9.01. The zero-order chi connectivity index (χ0) is 11.8. The number of carbonyl (C=O) groups is 1. The van der Waals surface area contributed by atoms with Gasteiger partial charge in [-0.15, -0.1) is 0 Å². The summed E-state index contributed by atoms with van der Waals surface area (Å²) in [7, 11) is 0. The van der Waals surface area contributed by atoms with Crippen LogP contribution in [0.1, 0.15) is 10.4 Å². The van der Waals surface area contributed by atoms with Crippen molar-refractivity contribution >= 4 is 27.5 Å². The molecule has 0 saturated heterocycles. The van der Waals surface area contributed by atoms with Crippen LogP contribution in [0.25, 0.3) is 21.5 Å². The van der Waals surface area contributed by atoms with E-state index < -0.39 is 5.97 Å². The molecule has 0 bridgehead atoms. The molecule has 0 aliphatic heterocycles. The summed E-state index contributed by atoms with van der Waals surface area (Å²) in [4.78, 5) is 10.9. The Bertz CT molecular complexity index is 729. The van der Waals surface area contributed by atoms with E-state index in [1.54, 1.807) is 12.1 Å². The summed E-state index contributed by atoms with van der Waals surface area (Å²) in [5.41, 5.74) is 0.217. The van der Waals surface area contributed by atoms with Gasteiger partial charge in [-0.2, -0.15) is 0 Å². The Morgan fingerprint density at radius 2 is 1.47 bits per heavy atom. The number of hydrogen-bond donors (Lipinski definition) is 0. The number of hydrogen-bond acceptors (Lipinski definition) is 2. The van der Waals surface area contributed by atoms with Crippen LogP contribution in [0, 0.1) is 0 Å². The van der Waals surface area contributed by atoms with Gasteiger partial charge in [0.2, 0.25) is 0 Å². The molecular formula is C15H9O2-. The molecular weight excluding hydrogens is 212 g/mol. The highest BCUT2D eigenvalue weighted by Crippen LogP contribution is 2.25. The van der Waals surface area contributed by atoms with Gasteiger partial charge in [0.05, 0.1) is 5.97 Å². The second-order valence-electron chi connectivity index (χ2n) is 4.01. The van der Waals surface area contributed by atoms with Gasteiger partial charge >= 0.3 is 0 Å². The number of aromatic carboxylic acids is 1. The molecule has 82 valence electrons. The maximum atomic E-state index is 10.9. The lowest BCUT2D eigenvalue weighted by Gasteiger charge is -2.07. The molecule has 17 heavy (non-hydrogen) atoms. The van der Waals surface area contributed by atoms with Crippen LogP contribution in [0.3, 0.4) is 0 Å². The van der Waals surface area contributed by atoms with Crippen molar-refractivity contribution in [1.82, 2.24) is 0 Å². The molecule has 3 rings (SSSR count). The van der Waals surface area contributed by atoms with Gasteiger partial charge < -0.3 is 9.90 Å². The zero-order valence-corrected chi connectivity index (χ0v) is 9.01. The lowest BCUT2D eigenvalue weighted by atomic mass is 10.0. The maximum Gasteiger partial charge on any atom is 0.0715 e. The summed E-state index contributed by atoms with van der Waals surface area (Å²) in [5, 5.41) is 15.0. The molecule has 2 heteroatoms. The summed E-state index contributed by atoms with van der Waals surface area (Å²) >= 11 is 0. The Morgan fingerprint density at radius 3 is 2.24 bits per heavy atom. The monoisotopic (exact) mass is 221 g/mol. The lowest BCUT2D eigenvalue weighted by Crippen LogP contribution is -2.21. The molecule has 0 spiro atoms. The Labute approximate surface area is 98.1 Å². The van der Waals surface area contributed by atoms with E-state index in [9.17, 15) is 9.90 Å². The minimum absolute atomic E-state index is 0.217. The minimum Gasteiger partial charge on any atom is -0.545 e. The molecule has 0 aromatic heterocycles.